The Bertz CT molecular complexity index is 624. The maximum Gasteiger partial charge on any atom is 0.272 e. The van der Waals surface area contributed by atoms with Gasteiger partial charge in [0.25, 0.3) is 11.5 Å². The highest BCUT2D eigenvalue weighted by molar-refractivity contribution is 5.92. The fourth-order valence-corrected chi connectivity index (χ4v) is 1.41. The van der Waals surface area contributed by atoms with E-state index in [-0.39, 0.29) is 12.2 Å². The van der Waals surface area contributed by atoms with Crippen LogP contribution in [0.2, 0.25) is 0 Å². The lowest BCUT2D eigenvalue weighted by Crippen LogP contribution is -2.35. The maximum absolute atomic E-state index is 11.6. The van der Waals surface area contributed by atoms with E-state index < -0.39 is 11.5 Å². The lowest BCUT2D eigenvalue weighted by atomic mass is 10.3. The SMILES string of the molecule is NNC(=O)c1cnc(COc2ccccc2)[nH]c1=O. The summed E-state index contributed by atoms with van der Waals surface area (Å²) in [5.41, 5.74) is 1.16. The molecule has 0 fully saturated rings. The molecule has 98 valence electrons. The Morgan fingerprint density at radius 3 is 2.74 bits per heavy atom. The fraction of sp³-hybridized carbons (Fsp3) is 0.0833. The van der Waals surface area contributed by atoms with Crippen LogP contribution in [0.25, 0.3) is 0 Å². The standard InChI is InChI=1S/C12H12N4O3/c13-16-12(18)9-6-14-10(15-11(9)17)7-19-8-4-2-1-3-5-8/h1-6H,7,13H2,(H,16,18)(H,14,15,17). The predicted molar refractivity (Wildman–Crippen MR) is 67.3 cm³/mol. The van der Waals surface area contributed by atoms with Gasteiger partial charge in [-0.05, 0) is 12.1 Å². The van der Waals surface area contributed by atoms with Gasteiger partial charge in [0.2, 0.25) is 0 Å². The van der Waals surface area contributed by atoms with Gasteiger partial charge < -0.3 is 9.72 Å². The number of amides is 1. The number of carbonyl (C=O) groups is 1. The van der Waals surface area contributed by atoms with Crippen molar-refractivity contribution >= 4 is 5.91 Å². The van der Waals surface area contributed by atoms with Crippen LogP contribution in [0.15, 0.2) is 41.3 Å². The molecular formula is C12H12N4O3. The normalized spacial score (nSPS) is 9.95. The molecule has 0 unspecified atom stereocenters. The maximum atomic E-state index is 11.6. The lowest BCUT2D eigenvalue weighted by Gasteiger charge is -2.05. The molecule has 0 aliphatic carbocycles. The van der Waals surface area contributed by atoms with E-state index in [1.54, 1.807) is 12.1 Å². The summed E-state index contributed by atoms with van der Waals surface area (Å²) < 4.78 is 5.42. The summed E-state index contributed by atoms with van der Waals surface area (Å²) >= 11 is 0. The molecule has 1 heterocycles. The van der Waals surface area contributed by atoms with Gasteiger partial charge in [0.1, 0.15) is 23.7 Å². The third kappa shape index (κ3) is 3.17. The van der Waals surface area contributed by atoms with Crippen molar-refractivity contribution < 1.29 is 9.53 Å². The number of ether oxygens (including phenoxy) is 1. The molecule has 1 aromatic carbocycles. The van der Waals surface area contributed by atoms with E-state index in [4.69, 9.17) is 10.6 Å². The Kier molecular flexibility index (Phi) is 3.89. The number of nitrogen functional groups attached to an aromatic ring is 1. The van der Waals surface area contributed by atoms with Crippen molar-refractivity contribution in [2.24, 2.45) is 5.84 Å². The van der Waals surface area contributed by atoms with Gasteiger partial charge in [0.15, 0.2) is 0 Å². The number of H-pyrrole nitrogens is 1. The van der Waals surface area contributed by atoms with Gasteiger partial charge in [-0.25, -0.2) is 10.8 Å². The summed E-state index contributed by atoms with van der Waals surface area (Å²) in [6, 6.07) is 9.11. The van der Waals surface area contributed by atoms with Crippen molar-refractivity contribution in [2.75, 3.05) is 0 Å². The Balaban J connectivity index is 2.09. The van der Waals surface area contributed by atoms with Crippen LogP contribution in [0.1, 0.15) is 16.2 Å². The molecule has 0 bridgehead atoms. The van der Waals surface area contributed by atoms with Gasteiger partial charge >= 0.3 is 0 Å². The van der Waals surface area contributed by atoms with Gasteiger partial charge in [-0.2, -0.15) is 0 Å². The summed E-state index contributed by atoms with van der Waals surface area (Å²) in [6.07, 6.45) is 1.16. The van der Waals surface area contributed by atoms with Crippen LogP contribution in [-0.2, 0) is 6.61 Å². The molecule has 1 amide bonds. The van der Waals surface area contributed by atoms with Gasteiger partial charge in [0.05, 0.1) is 0 Å². The second-order valence-corrected chi connectivity index (χ2v) is 3.65. The summed E-state index contributed by atoms with van der Waals surface area (Å²) in [7, 11) is 0. The quantitative estimate of drug-likeness (QED) is 0.405. The molecule has 1 aromatic heterocycles. The molecule has 0 saturated heterocycles. The minimum atomic E-state index is -0.690. The van der Waals surface area contributed by atoms with E-state index in [1.165, 1.54) is 0 Å². The number of rotatable bonds is 4. The van der Waals surface area contributed by atoms with Crippen molar-refractivity contribution in [3.8, 4) is 5.75 Å². The first-order valence-corrected chi connectivity index (χ1v) is 5.47. The van der Waals surface area contributed by atoms with E-state index in [1.807, 2.05) is 23.6 Å². The Hall–Kier alpha value is -2.67. The molecule has 2 aromatic rings. The summed E-state index contributed by atoms with van der Waals surface area (Å²) in [6.45, 7) is 0.101. The zero-order chi connectivity index (χ0) is 13.7. The molecule has 0 aliphatic rings. The number of nitrogens with zero attached hydrogens (tertiary/aromatic N) is 1. The van der Waals surface area contributed by atoms with Crippen molar-refractivity contribution in [2.45, 2.75) is 6.61 Å². The van der Waals surface area contributed by atoms with Gasteiger partial charge in [-0.15, -0.1) is 0 Å². The largest absolute Gasteiger partial charge is 0.486 e. The molecule has 0 spiro atoms. The number of aromatic amines is 1. The van der Waals surface area contributed by atoms with Gasteiger partial charge in [-0.3, -0.25) is 15.0 Å². The number of hydrazine groups is 1. The number of nitrogens with two attached hydrogens (primary N) is 1. The van der Waals surface area contributed by atoms with Crippen LogP contribution >= 0.6 is 0 Å². The van der Waals surface area contributed by atoms with E-state index in [0.717, 1.165) is 6.20 Å². The van der Waals surface area contributed by atoms with Crippen molar-refractivity contribution in [3.63, 3.8) is 0 Å². The van der Waals surface area contributed by atoms with Crippen LogP contribution in [0.4, 0.5) is 0 Å². The van der Waals surface area contributed by atoms with Crippen LogP contribution in [0.5, 0.6) is 5.75 Å². The number of para-hydroxylation sites is 1. The second-order valence-electron chi connectivity index (χ2n) is 3.65. The second kappa shape index (κ2) is 5.78. The fourth-order valence-electron chi connectivity index (χ4n) is 1.41. The van der Waals surface area contributed by atoms with E-state index in [9.17, 15) is 9.59 Å². The lowest BCUT2D eigenvalue weighted by molar-refractivity contribution is 0.0951. The van der Waals surface area contributed by atoms with E-state index in [0.29, 0.717) is 11.6 Å². The van der Waals surface area contributed by atoms with Crippen LogP contribution in [0, 0.1) is 0 Å². The monoisotopic (exact) mass is 260 g/mol. The molecule has 4 N–H and O–H groups in total. The zero-order valence-electron chi connectivity index (χ0n) is 9.92. The first-order chi connectivity index (χ1) is 9.20. The van der Waals surface area contributed by atoms with Crippen LogP contribution in [-0.4, -0.2) is 15.9 Å². The molecule has 0 atom stereocenters. The summed E-state index contributed by atoms with van der Waals surface area (Å²) in [5.74, 6) is 5.23. The first-order valence-electron chi connectivity index (χ1n) is 5.47. The third-order valence-electron chi connectivity index (χ3n) is 2.35. The molecule has 7 heteroatoms. The molecule has 0 radical (unpaired) electrons. The van der Waals surface area contributed by atoms with Crippen LogP contribution < -0.4 is 21.6 Å². The smallest absolute Gasteiger partial charge is 0.272 e. The predicted octanol–water partition coefficient (Wildman–Crippen LogP) is -0.0476. The Morgan fingerprint density at radius 2 is 2.11 bits per heavy atom. The molecule has 2 rings (SSSR count). The van der Waals surface area contributed by atoms with Crippen LogP contribution in [0.3, 0.4) is 0 Å². The molecular weight excluding hydrogens is 248 g/mol. The first kappa shape index (κ1) is 12.8. The highest BCUT2D eigenvalue weighted by Gasteiger charge is 2.10. The van der Waals surface area contributed by atoms with Crippen molar-refractivity contribution in [1.82, 2.24) is 15.4 Å². The van der Waals surface area contributed by atoms with Gasteiger partial charge in [0, 0.05) is 6.20 Å². The Labute approximate surface area is 108 Å². The average molecular weight is 260 g/mol. The molecule has 19 heavy (non-hydrogen) atoms. The van der Waals surface area contributed by atoms with E-state index in [2.05, 4.69) is 9.97 Å². The number of carbonyl (C=O) groups excluding carboxylic acids is 1. The van der Waals surface area contributed by atoms with E-state index >= 15 is 0 Å². The van der Waals surface area contributed by atoms with Crippen molar-refractivity contribution in [1.29, 1.82) is 0 Å². The molecule has 0 aliphatic heterocycles. The third-order valence-corrected chi connectivity index (χ3v) is 2.35. The number of benzene rings is 1. The number of hydrogen-bond acceptors (Lipinski definition) is 5. The number of hydrogen-bond donors (Lipinski definition) is 3. The highest BCUT2D eigenvalue weighted by Crippen LogP contribution is 2.09. The summed E-state index contributed by atoms with van der Waals surface area (Å²) in [5, 5.41) is 0. The number of nitrogens with one attached hydrogen (secondary N) is 2. The van der Waals surface area contributed by atoms with Gasteiger partial charge in [-0.1, -0.05) is 18.2 Å². The minimum absolute atomic E-state index is 0.101. The highest BCUT2D eigenvalue weighted by atomic mass is 16.5. The Morgan fingerprint density at radius 1 is 1.37 bits per heavy atom. The average Bonchev–Trinajstić information content (AvgIpc) is 2.45. The number of aromatic nitrogens is 2. The van der Waals surface area contributed by atoms with Crippen molar-refractivity contribution in [3.05, 3.63) is 58.3 Å². The topological polar surface area (TPSA) is 110 Å². The summed E-state index contributed by atoms with van der Waals surface area (Å²) in [4.78, 5) is 29.2. The minimum Gasteiger partial charge on any atom is -0.486 e. The molecule has 0 saturated carbocycles. The zero-order valence-corrected chi connectivity index (χ0v) is 9.92. The molecule has 7 nitrogen and oxygen atoms in total.